The van der Waals surface area contributed by atoms with Gasteiger partial charge in [0.05, 0.1) is 16.5 Å². The fourth-order valence-corrected chi connectivity index (χ4v) is 10.6. The first-order chi connectivity index (χ1) is 20.9. The average molecular weight is 652 g/mol. The van der Waals surface area contributed by atoms with Crippen LogP contribution in [0.25, 0.3) is 0 Å². The van der Waals surface area contributed by atoms with E-state index in [0.29, 0.717) is 44.9 Å². The third kappa shape index (κ3) is 6.88. The zero-order valence-corrected chi connectivity index (χ0v) is 28.6. The van der Waals surface area contributed by atoms with E-state index >= 15 is 0 Å². The largest absolute Gasteiger partial charge is 0.363 e. The van der Waals surface area contributed by atoms with E-state index < -0.39 is 73.2 Å². The molecule has 254 valence electrons. The van der Waals surface area contributed by atoms with Crippen molar-refractivity contribution in [2.45, 2.75) is 134 Å². The van der Waals surface area contributed by atoms with Crippen LogP contribution in [-0.4, -0.2) is 83.6 Å². The van der Waals surface area contributed by atoms with Crippen molar-refractivity contribution in [3.05, 3.63) is 0 Å². The second-order valence-corrected chi connectivity index (χ2v) is 17.6. The Hall–Kier alpha value is -2.70. The highest BCUT2D eigenvalue weighted by atomic mass is 32.2. The normalized spacial score (nSPS) is 31.2. The predicted octanol–water partition coefficient (Wildman–Crippen LogP) is 2.19. The zero-order valence-electron chi connectivity index (χ0n) is 27.7. The molecule has 45 heavy (non-hydrogen) atoms. The van der Waals surface area contributed by atoms with Gasteiger partial charge in [-0.15, -0.1) is 0 Å². The number of nitrogens with two attached hydrogens (primary N) is 1. The summed E-state index contributed by atoms with van der Waals surface area (Å²) < 4.78 is 26.0. The van der Waals surface area contributed by atoms with Gasteiger partial charge in [0, 0.05) is 6.54 Å². The fourth-order valence-electron chi connectivity index (χ4n) is 8.25. The quantitative estimate of drug-likeness (QED) is 0.261. The van der Waals surface area contributed by atoms with Gasteiger partial charge in [-0.25, -0.2) is 13.2 Å². The number of ketones is 1. The zero-order chi connectivity index (χ0) is 33.5. The molecule has 5 N–H and O–H groups in total. The van der Waals surface area contributed by atoms with Gasteiger partial charge in [-0.1, -0.05) is 67.2 Å². The van der Waals surface area contributed by atoms with Crippen molar-refractivity contribution in [3.8, 4) is 0 Å². The number of primary amides is 1. The molecule has 0 aromatic heterocycles. The lowest BCUT2D eigenvalue weighted by Gasteiger charge is -2.43. The number of likely N-dealkylation sites (tertiary alicyclic amines) is 1. The number of carbonyl (C=O) groups is 5. The summed E-state index contributed by atoms with van der Waals surface area (Å²) in [4.78, 5) is 68.2. The molecule has 5 amide bonds. The molecule has 12 nitrogen and oxygen atoms in total. The van der Waals surface area contributed by atoms with E-state index in [1.807, 2.05) is 41.5 Å². The van der Waals surface area contributed by atoms with Crippen LogP contribution in [0.5, 0.6) is 0 Å². The number of hydrogen-bond acceptors (Lipinski definition) is 7. The number of carbonyl (C=O) groups excluding carboxylic acids is 5. The van der Waals surface area contributed by atoms with Crippen molar-refractivity contribution < 1.29 is 32.4 Å². The summed E-state index contributed by atoms with van der Waals surface area (Å²) in [5.74, 6) is -3.13. The minimum atomic E-state index is -3.35. The molecule has 0 bridgehead atoms. The Kier molecular flexibility index (Phi) is 10.0. The van der Waals surface area contributed by atoms with E-state index in [4.69, 9.17) is 5.73 Å². The lowest BCUT2D eigenvalue weighted by Crippen LogP contribution is -2.65. The number of rotatable bonds is 10. The average Bonchev–Trinajstić information content (AvgIpc) is 3.27. The van der Waals surface area contributed by atoms with Gasteiger partial charge in [0.1, 0.15) is 17.6 Å². The van der Waals surface area contributed by atoms with Gasteiger partial charge in [-0.3, -0.25) is 19.2 Å². The van der Waals surface area contributed by atoms with Crippen molar-refractivity contribution in [2.24, 2.45) is 28.9 Å². The van der Waals surface area contributed by atoms with Crippen LogP contribution in [0.1, 0.15) is 106 Å². The molecule has 2 aliphatic carbocycles. The second-order valence-electron chi connectivity index (χ2n) is 15.2. The molecule has 0 spiro atoms. The Labute approximate surface area is 267 Å². The minimum absolute atomic E-state index is 0.0337. The molecule has 13 heteroatoms. The van der Waals surface area contributed by atoms with Gasteiger partial charge in [-0.2, -0.15) is 0 Å². The highest BCUT2D eigenvalue weighted by molar-refractivity contribution is 7.92. The molecule has 6 atom stereocenters. The Morgan fingerprint density at radius 2 is 1.62 bits per heavy atom. The maximum absolute atomic E-state index is 14.4. The Bertz CT molecular complexity index is 1300. The first-order valence-corrected chi connectivity index (χ1v) is 18.4. The number of nitrogens with zero attached hydrogens (tertiary/aromatic N) is 1. The number of amides is 5. The molecule has 4 aliphatic rings. The smallest absolute Gasteiger partial charge is 0.315 e. The topological polar surface area (TPSA) is 185 Å². The van der Waals surface area contributed by atoms with Crippen LogP contribution in [-0.2, 0) is 29.0 Å². The molecule has 4 rings (SSSR count). The number of urea groups is 1. The van der Waals surface area contributed by atoms with Gasteiger partial charge in [-0.05, 0) is 61.7 Å². The Morgan fingerprint density at radius 3 is 2.11 bits per heavy atom. The van der Waals surface area contributed by atoms with Crippen LogP contribution in [0.2, 0.25) is 0 Å². The molecule has 0 aromatic rings. The Morgan fingerprint density at radius 1 is 0.978 bits per heavy atom. The molecular formula is C32H53N5O7S. The third-order valence-electron chi connectivity index (χ3n) is 10.9. The lowest BCUT2D eigenvalue weighted by atomic mass is 9.78. The number of Topliss-reactive ketones (excluding diaryl/α,β-unsaturated/α-hetero) is 1. The Balaban J connectivity index is 1.58. The standard InChI is InChI=1S/C32H53N5O7S/c1-7-20-18-32(20,25(38)26(33)39)35-27(40)23-21(19(2)3)13-16-37(23)28(41)24(30(4,5)6)34-29(42)36-31(14-9-8-10-15-31)22-12-11-17-45(22,43)44/h19-24H,7-18H2,1-6H3,(H2,33,39)(H,35,40)(H2,34,36,42)/t20-,21-,22-,23+,24-,32+/m1/s1. The molecule has 2 aliphatic heterocycles. The molecule has 0 unspecified atom stereocenters. The molecule has 2 heterocycles. The van der Waals surface area contributed by atoms with Crippen LogP contribution in [0.4, 0.5) is 4.79 Å². The summed E-state index contributed by atoms with van der Waals surface area (Å²) >= 11 is 0. The monoisotopic (exact) mass is 651 g/mol. The molecule has 0 aromatic carbocycles. The maximum atomic E-state index is 14.4. The summed E-state index contributed by atoms with van der Waals surface area (Å²) in [6.07, 6.45) is 6.25. The molecule has 0 radical (unpaired) electrons. The van der Waals surface area contributed by atoms with E-state index in [2.05, 4.69) is 16.0 Å². The van der Waals surface area contributed by atoms with Crippen molar-refractivity contribution in [3.63, 3.8) is 0 Å². The number of sulfone groups is 1. The predicted molar refractivity (Wildman–Crippen MR) is 169 cm³/mol. The second kappa shape index (κ2) is 12.8. The van der Waals surface area contributed by atoms with Gasteiger partial charge < -0.3 is 26.6 Å². The summed E-state index contributed by atoms with van der Waals surface area (Å²) in [5.41, 5.74) is 2.35. The minimum Gasteiger partial charge on any atom is -0.363 e. The summed E-state index contributed by atoms with van der Waals surface area (Å²) in [6, 6.07) is -2.52. The third-order valence-corrected chi connectivity index (χ3v) is 13.3. The van der Waals surface area contributed by atoms with Gasteiger partial charge in [0.15, 0.2) is 9.84 Å². The van der Waals surface area contributed by atoms with E-state index in [1.54, 1.807) is 0 Å². The highest BCUT2D eigenvalue weighted by Crippen LogP contribution is 2.47. The summed E-state index contributed by atoms with van der Waals surface area (Å²) in [5, 5.41) is 8.13. The van der Waals surface area contributed by atoms with Crippen molar-refractivity contribution >= 4 is 39.4 Å². The van der Waals surface area contributed by atoms with Crippen LogP contribution < -0.4 is 21.7 Å². The number of nitrogens with one attached hydrogen (secondary N) is 3. The van der Waals surface area contributed by atoms with Gasteiger partial charge in [0.25, 0.3) is 5.91 Å². The first kappa shape index (κ1) is 35.2. The van der Waals surface area contributed by atoms with Crippen LogP contribution in [0, 0.1) is 23.2 Å². The number of hydrogen-bond donors (Lipinski definition) is 4. The van der Waals surface area contributed by atoms with E-state index in [1.165, 1.54) is 4.90 Å². The summed E-state index contributed by atoms with van der Waals surface area (Å²) in [7, 11) is -3.35. The van der Waals surface area contributed by atoms with Crippen LogP contribution in [0.15, 0.2) is 0 Å². The maximum Gasteiger partial charge on any atom is 0.315 e. The highest BCUT2D eigenvalue weighted by Gasteiger charge is 2.62. The SMILES string of the molecule is CC[C@@H]1C[C@@]1(NC(=O)[C@@H]1[C@@H](C(C)C)CCN1C(=O)[C@@H](NC(=O)NC1([C@H]2CCCS2(=O)=O)CCCCC1)C(C)(C)C)C(=O)C(N)=O. The first-order valence-electron chi connectivity index (χ1n) is 16.7. The van der Waals surface area contributed by atoms with E-state index in [0.717, 1.165) is 19.3 Å². The summed E-state index contributed by atoms with van der Waals surface area (Å²) in [6.45, 7) is 11.6. The van der Waals surface area contributed by atoms with Gasteiger partial charge >= 0.3 is 6.03 Å². The van der Waals surface area contributed by atoms with Crippen LogP contribution in [0.3, 0.4) is 0 Å². The lowest BCUT2D eigenvalue weighted by molar-refractivity contribution is -0.145. The van der Waals surface area contributed by atoms with Crippen molar-refractivity contribution in [1.29, 1.82) is 0 Å². The van der Waals surface area contributed by atoms with Gasteiger partial charge in [0.2, 0.25) is 17.6 Å². The molecule has 2 saturated heterocycles. The van der Waals surface area contributed by atoms with Crippen LogP contribution >= 0.6 is 0 Å². The molecular weight excluding hydrogens is 598 g/mol. The van der Waals surface area contributed by atoms with Crippen molar-refractivity contribution in [2.75, 3.05) is 12.3 Å². The fraction of sp³-hybridized carbons (Fsp3) is 0.844. The van der Waals surface area contributed by atoms with E-state index in [-0.39, 0.29) is 30.1 Å². The van der Waals surface area contributed by atoms with Crippen molar-refractivity contribution in [1.82, 2.24) is 20.9 Å². The van der Waals surface area contributed by atoms with E-state index in [9.17, 15) is 32.4 Å². The molecule has 2 saturated carbocycles. The molecule has 4 fully saturated rings.